The highest BCUT2D eigenvalue weighted by Crippen LogP contribution is 2.38. The van der Waals surface area contributed by atoms with E-state index in [0.717, 1.165) is 18.2 Å². The maximum Gasteiger partial charge on any atom is 0.345 e. The number of alkyl halides is 2. The van der Waals surface area contributed by atoms with E-state index in [4.69, 9.17) is 0 Å². The molecule has 0 atom stereocenters. The molecule has 132 valence electrons. The van der Waals surface area contributed by atoms with Gasteiger partial charge >= 0.3 is 6.61 Å². The number of phenols is 1. The quantitative estimate of drug-likeness (QED) is 0.621. The summed E-state index contributed by atoms with van der Waals surface area (Å²) in [4.78, 5) is 20.7. The molecule has 2 aromatic carbocycles. The predicted octanol–water partition coefficient (Wildman–Crippen LogP) is 3.92. The van der Waals surface area contributed by atoms with Crippen LogP contribution in [0.4, 0.5) is 20.2 Å². The molecule has 0 amide bonds. The van der Waals surface area contributed by atoms with Crippen LogP contribution in [0.2, 0.25) is 0 Å². The van der Waals surface area contributed by atoms with Crippen LogP contribution >= 0.6 is 0 Å². The Hall–Kier alpha value is -3.14. The number of aromatic hydroxyl groups is 1. The Labute approximate surface area is 139 Å². The second kappa shape index (κ2) is 7.18. The van der Waals surface area contributed by atoms with E-state index in [9.17, 15) is 34.1 Å². The van der Waals surface area contributed by atoms with Crippen molar-refractivity contribution in [2.24, 2.45) is 0 Å². The SMILES string of the molecule is Cc1cc(-c2ccc([N+](=O)[O-])cc2COC(F)F)c([N+](=O)[O-])cc1O. The van der Waals surface area contributed by atoms with E-state index in [1.165, 1.54) is 19.1 Å². The molecule has 0 fully saturated rings. The fourth-order valence-electron chi connectivity index (χ4n) is 2.28. The molecule has 0 saturated heterocycles. The summed E-state index contributed by atoms with van der Waals surface area (Å²) < 4.78 is 28.9. The first-order valence-corrected chi connectivity index (χ1v) is 6.86. The van der Waals surface area contributed by atoms with Gasteiger partial charge in [0.2, 0.25) is 0 Å². The van der Waals surface area contributed by atoms with Crippen LogP contribution in [-0.2, 0) is 11.3 Å². The van der Waals surface area contributed by atoms with Crippen molar-refractivity contribution < 1.29 is 28.5 Å². The number of non-ortho nitro benzene ring substituents is 1. The minimum absolute atomic E-state index is 0.0114. The van der Waals surface area contributed by atoms with Gasteiger partial charge in [0.1, 0.15) is 5.75 Å². The smallest absolute Gasteiger partial charge is 0.345 e. The van der Waals surface area contributed by atoms with Crippen molar-refractivity contribution in [3.8, 4) is 16.9 Å². The van der Waals surface area contributed by atoms with Crippen molar-refractivity contribution in [1.82, 2.24) is 0 Å². The normalized spacial score (nSPS) is 10.9. The molecule has 25 heavy (non-hydrogen) atoms. The third kappa shape index (κ3) is 4.04. The Kier molecular flexibility index (Phi) is 5.22. The molecule has 1 N–H and O–H groups in total. The molecular weight excluding hydrogens is 342 g/mol. The Balaban J connectivity index is 2.67. The van der Waals surface area contributed by atoms with Gasteiger partial charge in [-0.25, -0.2) is 0 Å². The van der Waals surface area contributed by atoms with Crippen LogP contribution in [0.1, 0.15) is 11.1 Å². The number of nitrogens with zero attached hydrogens (tertiary/aromatic N) is 2. The highest BCUT2D eigenvalue weighted by Gasteiger charge is 2.22. The highest BCUT2D eigenvalue weighted by atomic mass is 19.3. The summed E-state index contributed by atoms with van der Waals surface area (Å²) in [5.74, 6) is -0.303. The molecule has 0 aliphatic carbocycles. The minimum Gasteiger partial charge on any atom is -0.507 e. The largest absolute Gasteiger partial charge is 0.507 e. The molecule has 2 aromatic rings. The van der Waals surface area contributed by atoms with Gasteiger partial charge in [0.15, 0.2) is 0 Å². The Bertz CT molecular complexity index is 841. The van der Waals surface area contributed by atoms with E-state index in [0.29, 0.717) is 5.56 Å². The van der Waals surface area contributed by atoms with E-state index in [1.54, 1.807) is 0 Å². The average Bonchev–Trinajstić information content (AvgIpc) is 2.54. The number of aryl methyl sites for hydroxylation is 1. The number of phenolic OH excluding ortho intramolecular Hbond substituents is 1. The standard InChI is InChI=1S/C15H12F2N2O6/c1-8-4-12(13(19(23)24)6-14(8)20)11-3-2-10(18(21)22)5-9(11)7-25-15(16)17/h2-6,15,20H,7H2,1H3. The maximum atomic E-state index is 12.3. The summed E-state index contributed by atoms with van der Waals surface area (Å²) in [5, 5.41) is 31.8. The van der Waals surface area contributed by atoms with Gasteiger partial charge in [-0.3, -0.25) is 20.2 Å². The third-order valence-electron chi connectivity index (χ3n) is 3.47. The van der Waals surface area contributed by atoms with E-state index < -0.39 is 28.8 Å². The Morgan fingerprint density at radius 2 is 1.80 bits per heavy atom. The van der Waals surface area contributed by atoms with Gasteiger partial charge in [0.05, 0.1) is 28.1 Å². The number of nitro groups is 2. The lowest BCUT2D eigenvalue weighted by atomic mass is 9.96. The number of benzene rings is 2. The van der Waals surface area contributed by atoms with Crippen LogP contribution in [-0.4, -0.2) is 21.6 Å². The van der Waals surface area contributed by atoms with Crippen LogP contribution in [0.25, 0.3) is 11.1 Å². The zero-order chi connectivity index (χ0) is 18.7. The molecule has 10 heteroatoms. The third-order valence-corrected chi connectivity index (χ3v) is 3.47. The van der Waals surface area contributed by atoms with E-state index in [1.807, 2.05) is 0 Å². The van der Waals surface area contributed by atoms with Gasteiger partial charge < -0.3 is 9.84 Å². The number of nitro benzene ring substituents is 2. The second-order valence-corrected chi connectivity index (χ2v) is 5.08. The molecule has 0 radical (unpaired) electrons. The van der Waals surface area contributed by atoms with Crippen molar-refractivity contribution in [1.29, 1.82) is 0 Å². The summed E-state index contributed by atoms with van der Waals surface area (Å²) >= 11 is 0. The topological polar surface area (TPSA) is 116 Å². The summed E-state index contributed by atoms with van der Waals surface area (Å²) in [6.07, 6.45) is 0. The van der Waals surface area contributed by atoms with Gasteiger partial charge in [-0.2, -0.15) is 8.78 Å². The summed E-state index contributed by atoms with van der Waals surface area (Å²) in [6.45, 7) is -2.28. The number of rotatable bonds is 6. The Morgan fingerprint density at radius 3 is 2.36 bits per heavy atom. The second-order valence-electron chi connectivity index (χ2n) is 5.08. The highest BCUT2D eigenvalue weighted by molar-refractivity contribution is 5.78. The molecule has 0 bridgehead atoms. The monoisotopic (exact) mass is 354 g/mol. The van der Waals surface area contributed by atoms with Gasteiger partial charge in [-0.1, -0.05) is 0 Å². The molecule has 0 heterocycles. The molecule has 0 aliphatic rings. The van der Waals surface area contributed by atoms with Crippen LogP contribution in [0.15, 0.2) is 30.3 Å². The zero-order valence-corrected chi connectivity index (χ0v) is 12.8. The summed E-state index contributed by atoms with van der Waals surface area (Å²) in [6, 6.07) is 5.59. The van der Waals surface area contributed by atoms with Gasteiger partial charge in [0, 0.05) is 12.1 Å². The van der Waals surface area contributed by atoms with Gasteiger partial charge in [-0.05, 0) is 35.7 Å². The lowest BCUT2D eigenvalue weighted by molar-refractivity contribution is -0.385. The molecule has 8 nitrogen and oxygen atoms in total. The summed E-state index contributed by atoms with van der Waals surface area (Å²) in [5.41, 5.74) is -0.364. The first-order chi connectivity index (χ1) is 11.7. The van der Waals surface area contributed by atoms with Crippen molar-refractivity contribution in [2.45, 2.75) is 20.1 Å². The zero-order valence-electron chi connectivity index (χ0n) is 12.8. The Morgan fingerprint density at radius 1 is 1.12 bits per heavy atom. The van der Waals surface area contributed by atoms with Crippen molar-refractivity contribution in [3.63, 3.8) is 0 Å². The molecule has 2 rings (SSSR count). The average molecular weight is 354 g/mol. The predicted molar refractivity (Wildman–Crippen MR) is 82.4 cm³/mol. The fraction of sp³-hybridized carbons (Fsp3) is 0.200. The molecule has 0 saturated carbocycles. The van der Waals surface area contributed by atoms with E-state index >= 15 is 0 Å². The van der Waals surface area contributed by atoms with Crippen molar-refractivity contribution >= 4 is 11.4 Å². The fourth-order valence-corrected chi connectivity index (χ4v) is 2.28. The lowest BCUT2D eigenvalue weighted by Gasteiger charge is -2.12. The summed E-state index contributed by atoms with van der Waals surface area (Å²) in [7, 11) is 0. The lowest BCUT2D eigenvalue weighted by Crippen LogP contribution is -2.03. The minimum atomic E-state index is -3.11. The first kappa shape index (κ1) is 18.2. The van der Waals surface area contributed by atoms with Crippen molar-refractivity contribution in [3.05, 3.63) is 61.7 Å². The number of hydrogen-bond donors (Lipinski definition) is 1. The molecule has 0 aromatic heterocycles. The molecular formula is C15H12F2N2O6. The van der Waals surface area contributed by atoms with Crippen LogP contribution in [0.3, 0.4) is 0 Å². The van der Waals surface area contributed by atoms with Crippen LogP contribution < -0.4 is 0 Å². The van der Waals surface area contributed by atoms with Crippen LogP contribution in [0.5, 0.6) is 5.75 Å². The maximum absolute atomic E-state index is 12.3. The van der Waals surface area contributed by atoms with Gasteiger partial charge in [-0.15, -0.1) is 0 Å². The number of ether oxygens (including phenoxy) is 1. The number of hydrogen-bond acceptors (Lipinski definition) is 6. The first-order valence-electron chi connectivity index (χ1n) is 6.86. The van der Waals surface area contributed by atoms with Gasteiger partial charge in [0.25, 0.3) is 11.4 Å². The van der Waals surface area contributed by atoms with Crippen molar-refractivity contribution in [2.75, 3.05) is 0 Å². The molecule has 0 spiro atoms. The molecule has 0 unspecified atom stereocenters. The van der Waals surface area contributed by atoms with Crippen LogP contribution in [0, 0.1) is 27.2 Å². The van der Waals surface area contributed by atoms with E-state index in [-0.39, 0.29) is 28.1 Å². The van der Waals surface area contributed by atoms with E-state index in [2.05, 4.69) is 4.74 Å². The molecule has 0 aliphatic heterocycles. The number of halogens is 2.